The highest BCUT2D eigenvalue weighted by atomic mass is 15.2. The first-order valence-corrected chi connectivity index (χ1v) is 26.8. The predicted octanol–water partition coefficient (Wildman–Crippen LogP) is 10.4. The molecular weight excluding hydrogens is 875 g/mol. The van der Waals surface area contributed by atoms with Gasteiger partial charge in [-0.2, -0.15) is 0 Å². The molecule has 4 aliphatic heterocycles. The first kappa shape index (κ1) is 50.0. The second kappa shape index (κ2) is 21.8. The molecule has 2 atom stereocenters. The molecule has 376 valence electrons. The Morgan fingerprint density at radius 3 is 2.35 bits per heavy atom. The molecule has 0 radical (unpaired) electrons. The molecule has 0 amide bonds. The van der Waals surface area contributed by atoms with E-state index in [9.17, 15) is 0 Å². The van der Waals surface area contributed by atoms with Gasteiger partial charge in [-0.25, -0.2) is 4.98 Å². The number of imidazole rings is 1. The summed E-state index contributed by atoms with van der Waals surface area (Å²) in [6.07, 6.45) is 17.3. The Bertz CT molecular complexity index is 2910. The van der Waals surface area contributed by atoms with Crippen molar-refractivity contribution in [3.05, 3.63) is 120 Å². The molecule has 4 N–H and O–H groups in total. The zero-order valence-electron chi connectivity index (χ0n) is 43.5. The Kier molecular flexibility index (Phi) is 15.4. The number of aryl methyl sites for hydroxylation is 1. The number of allylic oxidation sites excluding steroid dienone is 2. The van der Waals surface area contributed by atoms with Crippen LogP contribution in [-0.2, 0) is 13.1 Å². The molecule has 7 heterocycles. The smallest absolute Gasteiger partial charge is 0.208 e. The minimum absolute atomic E-state index is 0.0859. The fourth-order valence-electron chi connectivity index (χ4n) is 12.5. The summed E-state index contributed by atoms with van der Waals surface area (Å²) >= 11 is 0. The molecule has 9 rings (SSSR count). The van der Waals surface area contributed by atoms with Gasteiger partial charge in [-0.1, -0.05) is 71.7 Å². The van der Waals surface area contributed by atoms with Crippen LogP contribution in [0.15, 0.2) is 91.4 Å². The lowest BCUT2D eigenvalue weighted by molar-refractivity contribution is 0.0265. The van der Waals surface area contributed by atoms with E-state index in [1.165, 1.54) is 98.8 Å². The number of anilines is 2. The quantitative estimate of drug-likeness (QED) is 0.120. The summed E-state index contributed by atoms with van der Waals surface area (Å²) in [5.74, 6) is 2.07. The summed E-state index contributed by atoms with van der Waals surface area (Å²) in [5.41, 5.74) is 17.9. The molecule has 3 aromatic heterocycles. The number of fused-ring (bicyclic) bond motifs is 6. The number of aliphatic imine (C=N–C) groups is 1. The number of hydrogen-bond acceptors (Lipinski definition) is 9. The van der Waals surface area contributed by atoms with Crippen molar-refractivity contribution >= 4 is 63.6 Å². The third-order valence-electron chi connectivity index (χ3n) is 16.8. The molecule has 2 bridgehead atoms. The highest BCUT2D eigenvalue weighted by molar-refractivity contribution is 6.23. The number of hydrogen-bond donors (Lipinski definition) is 3. The lowest BCUT2D eigenvalue weighted by Crippen LogP contribution is -2.48. The van der Waals surface area contributed by atoms with Crippen LogP contribution in [-0.4, -0.2) is 87.5 Å². The number of nitrogens with zero attached hydrogens (tertiary/aromatic N) is 8. The van der Waals surface area contributed by atoms with E-state index in [-0.39, 0.29) is 6.04 Å². The average molecular weight is 956 g/mol. The van der Waals surface area contributed by atoms with E-state index in [1.807, 2.05) is 14.0 Å². The number of rotatable bonds is 11. The number of likely N-dealkylation sites (tertiary alicyclic amines) is 2. The summed E-state index contributed by atoms with van der Waals surface area (Å²) in [6, 6.07) is 18.1. The second-order valence-corrected chi connectivity index (χ2v) is 21.6. The van der Waals surface area contributed by atoms with Gasteiger partial charge >= 0.3 is 0 Å². The van der Waals surface area contributed by atoms with Crippen molar-refractivity contribution in [3.8, 4) is 0 Å². The van der Waals surface area contributed by atoms with E-state index in [0.717, 1.165) is 132 Å². The predicted molar refractivity (Wildman–Crippen MR) is 301 cm³/mol. The maximum absolute atomic E-state index is 6.22. The van der Waals surface area contributed by atoms with Gasteiger partial charge in [0.05, 0.1) is 22.8 Å². The molecule has 3 saturated heterocycles. The average Bonchev–Trinajstić information content (AvgIpc) is 3.83. The second-order valence-electron chi connectivity index (χ2n) is 21.6. The number of pyridine rings is 1. The van der Waals surface area contributed by atoms with Gasteiger partial charge in [-0.15, -0.1) is 0 Å². The molecule has 1 spiro atoms. The first-order chi connectivity index (χ1) is 34.4. The zero-order valence-corrected chi connectivity index (χ0v) is 43.5. The molecule has 2 aromatic carbocycles. The number of nitrogens with one attached hydrogen (secondary N) is 2. The van der Waals surface area contributed by atoms with E-state index in [1.54, 1.807) is 12.4 Å². The summed E-state index contributed by atoms with van der Waals surface area (Å²) in [7, 11) is 1.86. The minimum Gasteiger partial charge on any atom is -0.404 e. The van der Waals surface area contributed by atoms with Crippen LogP contribution >= 0.6 is 0 Å². The van der Waals surface area contributed by atoms with Crippen LogP contribution in [0.1, 0.15) is 119 Å². The van der Waals surface area contributed by atoms with E-state index >= 15 is 0 Å². The SMILES string of the molecule is C=CNC(=C)C(CCC)n1c(=C)c2ccc(N3CCC(CN4CCC5(CCN(Cc6ccc7nc8n(c7c6)C[C@H](C)CCCCC(=NC)C(=CN)c6cc(cc(C)n6)C(=C)N8)CC5)CC4)CC3)cc2c1=C. The Hall–Kier alpha value is -5.91. The highest BCUT2D eigenvalue weighted by Gasteiger charge is 2.38. The van der Waals surface area contributed by atoms with Gasteiger partial charge in [0.15, 0.2) is 0 Å². The van der Waals surface area contributed by atoms with Crippen molar-refractivity contribution in [3.63, 3.8) is 0 Å². The van der Waals surface area contributed by atoms with Gasteiger partial charge < -0.3 is 35.3 Å². The third kappa shape index (κ3) is 10.8. The molecule has 1 unspecified atom stereocenters. The van der Waals surface area contributed by atoms with Crippen molar-refractivity contribution < 1.29 is 0 Å². The van der Waals surface area contributed by atoms with Crippen LogP contribution in [0.2, 0.25) is 0 Å². The molecule has 0 saturated carbocycles. The van der Waals surface area contributed by atoms with Crippen molar-refractivity contribution in [2.45, 2.75) is 117 Å². The van der Waals surface area contributed by atoms with Gasteiger partial charge in [-0.05, 0) is 163 Å². The van der Waals surface area contributed by atoms with Gasteiger partial charge in [0.1, 0.15) is 0 Å². The van der Waals surface area contributed by atoms with Gasteiger partial charge in [-0.3, -0.25) is 14.9 Å². The summed E-state index contributed by atoms with van der Waals surface area (Å²) in [5, 5.41) is 11.3. The van der Waals surface area contributed by atoms with E-state index in [2.05, 4.69) is 135 Å². The Morgan fingerprint density at radius 2 is 1.65 bits per heavy atom. The van der Waals surface area contributed by atoms with Crippen LogP contribution in [0.5, 0.6) is 0 Å². The monoisotopic (exact) mass is 956 g/mol. The zero-order chi connectivity index (χ0) is 49.8. The maximum atomic E-state index is 6.22. The van der Waals surface area contributed by atoms with Crippen molar-refractivity contribution in [1.29, 1.82) is 0 Å². The topological polar surface area (TPSA) is 108 Å². The molecule has 11 nitrogen and oxygen atoms in total. The lowest BCUT2D eigenvalue weighted by atomic mass is 9.71. The Labute approximate surface area is 423 Å². The number of piperidine rings is 3. The standard InChI is InChI=1S/C60H81N11/c1-10-14-57(44(6)63-11-2)71-45(7)51-19-18-50(36-52(51)46(71)8)69-27-21-47(22-28-69)39-67-29-23-60(24-30-67)25-31-68(32-26-60)40-48-17-20-55-58(34-48)70-38-41(3)15-12-13-16-54(62-9)53(37-61)56-35-49(33-42(4)64-56)43(5)65-59(70)66-55/h11,17-20,33-37,41,47,57,63H,2,5-8,10,12-16,21-32,38-40,61H2,1,3-4,9H3,(H,65,66)/t41-,57?/m1/s1. The fourth-order valence-corrected chi connectivity index (χ4v) is 12.5. The number of aromatic nitrogens is 4. The van der Waals surface area contributed by atoms with Crippen LogP contribution in [0.4, 0.5) is 11.6 Å². The number of nitrogens with two attached hydrogens (primary N) is 1. The first-order valence-electron chi connectivity index (χ1n) is 26.8. The summed E-state index contributed by atoms with van der Waals surface area (Å²) < 4.78 is 4.68. The van der Waals surface area contributed by atoms with Crippen LogP contribution < -0.4 is 32.0 Å². The van der Waals surface area contributed by atoms with Crippen molar-refractivity contribution in [2.75, 3.05) is 63.1 Å². The van der Waals surface area contributed by atoms with E-state index < -0.39 is 0 Å². The lowest BCUT2D eigenvalue weighted by Gasteiger charge is -2.47. The van der Waals surface area contributed by atoms with Crippen LogP contribution in [0.25, 0.3) is 46.2 Å². The van der Waals surface area contributed by atoms with Crippen molar-refractivity contribution in [2.24, 2.45) is 28.0 Å². The summed E-state index contributed by atoms with van der Waals surface area (Å²) in [6.45, 7) is 38.5. The van der Waals surface area contributed by atoms with E-state index in [4.69, 9.17) is 15.7 Å². The molecule has 4 aliphatic rings. The Balaban J connectivity index is 0.786. The maximum Gasteiger partial charge on any atom is 0.208 e. The molecule has 11 heteroatoms. The molecular formula is C60H81N11. The highest BCUT2D eigenvalue weighted by Crippen LogP contribution is 2.42. The van der Waals surface area contributed by atoms with Crippen molar-refractivity contribution in [1.82, 2.24) is 34.2 Å². The minimum atomic E-state index is 0.0859. The molecule has 0 aliphatic carbocycles. The Morgan fingerprint density at radius 1 is 0.915 bits per heavy atom. The van der Waals surface area contributed by atoms with Gasteiger partial charge in [0.25, 0.3) is 0 Å². The van der Waals surface area contributed by atoms with Gasteiger partial charge in [0.2, 0.25) is 5.95 Å². The van der Waals surface area contributed by atoms with Crippen LogP contribution in [0, 0.1) is 24.2 Å². The van der Waals surface area contributed by atoms with Crippen LogP contribution in [0.3, 0.4) is 0 Å². The van der Waals surface area contributed by atoms with Gasteiger partial charge in [0, 0.05) is 107 Å². The van der Waals surface area contributed by atoms with E-state index in [0.29, 0.717) is 11.3 Å². The molecule has 71 heavy (non-hydrogen) atoms. The largest absolute Gasteiger partial charge is 0.404 e. The molecule has 5 aromatic rings. The fraction of sp³-hybridized carbons (Fsp3) is 0.483. The summed E-state index contributed by atoms with van der Waals surface area (Å²) in [4.78, 5) is 22.8. The third-order valence-corrected chi connectivity index (χ3v) is 16.8. The normalized spacial score (nSPS) is 21.5. The number of benzene rings is 2. The molecule has 3 fully saturated rings.